The van der Waals surface area contributed by atoms with Crippen molar-refractivity contribution in [3.05, 3.63) is 29.3 Å². The number of likely N-dealkylation sites (tertiary alicyclic amines) is 2. The second kappa shape index (κ2) is 8.94. The Morgan fingerprint density at radius 2 is 2.03 bits per heavy atom. The molecule has 1 saturated carbocycles. The molecule has 2 amide bonds. The summed E-state index contributed by atoms with van der Waals surface area (Å²) >= 11 is 0. The average molecular weight is 454 g/mol. The molecule has 6 heteroatoms. The van der Waals surface area contributed by atoms with Gasteiger partial charge < -0.3 is 15.0 Å². The summed E-state index contributed by atoms with van der Waals surface area (Å²) in [6.07, 6.45) is 7.62. The first-order valence-electron chi connectivity index (χ1n) is 12.9. The lowest BCUT2D eigenvalue weighted by Crippen LogP contribution is -2.60. The van der Waals surface area contributed by atoms with Gasteiger partial charge in [-0.15, -0.1) is 0 Å². The summed E-state index contributed by atoms with van der Waals surface area (Å²) in [7, 11) is 1.74. The zero-order valence-corrected chi connectivity index (χ0v) is 20.4. The zero-order chi connectivity index (χ0) is 23.2. The molecule has 0 radical (unpaired) electrons. The predicted octanol–water partition coefficient (Wildman–Crippen LogP) is 3.13. The summed E-state index contributed by atoms with van der Waals surface area (Å²) in [5.74, 6) is 2.36. The van der Waals surface area contributed by atoms with E-state index in [0.29, 0.717) is 25.0 Å². The average Bonchev–Trinajstić information content (AvgIpc) is 3.47. The number of hydrogen-bond donors (Lipinski definition) is 1. The summed E-state index contributed by atoms with van der Waals surface area (Å²) in [4.78, 5) is 29.3. The van der Waals surface area contributed by atoms with Gasteiger partial charge in [-0.2, -0.15) is 0 Å². The number of carbonyl (C=O) groups excluding carboxylic acids is 2. The van der Waals surface area contributed by atoms with E-state index < -0.39 is 0 Å². The largest absolute Gasteiger partial charge is 0.497 e. The predicted molar refractivity (Wildman–Crippen MR) is 128 cm³/mol. The Morgan fingerprint density at radius 1 is 1.21 bits per heavy atom. The molecule has 0 aromatic heterocycles. The monoisotopic (exact) mass is 453 g/mol. The highest BCUT2D eigenvalue weighted by molar-refractivity contribution is 5.87. The fourth-order valence-corrected chi connectivity index (χ4v) is 6.95. The lowest BCUT2D eigenvalue weighted by Gasteiger charge is -2.56. The molecule has 6 nitrogen and oxygen atoms in total. The number of nitrogens with zero attached hydrogens (tertiary/aromatic N) is 2. The van der Waals surface area contributed by atoms with E-state index in [1.54, 1.807) is 18.9 Å². The molecular weight excluding hydrogens is 414 g/mol. The van der Waals surface area contributed by atoms with E-state index in [0.717, 1.165) is 50.3 Å². The van der Waals surface area contributed by atoms with E-state index in [1.165, 1.54) is 30.5 Å². The van der Waals surface area contributed by atoms with Gasteiger partial charge in [-0.3, -0.25) is 14.5 Å². The first kappa shape index (κ1) is 22.7. The number of nitrogens with one attached hydrogen (secondary N) is 1. The third-order valence-corrected chi connectivity index (χ3v) is 9.07. The Morgan fingerprint density at radius 3 is 2.76 bits per heavy atom. The molecule has 2 bridgehead atoms. The van der Waals surface area contributed by atoms with Gasteiger partial charge in [0.1, 0.15) is 11.8 Å². The van der Waals surface area contributed by atoms with Gasteiger partial charge in [0, 0.05) is 38.0 Å². The number of amides is 2. The topological polar surface area (TPSA) is 61.9 Å². The van der Waals surface area contributed by atoms with Crippen molar-refractivity contribution in [1.82, 2.24) is 15.1 Å². The maximum Gasteiger partial charge on any atom is 0.242 e. The van der Waals surface area contributed by atoms with Crippen LogP contribution in [0.5, 0.6) is 5.75 Å². The number of piperidine rings is 1. The molecule has 4 atom stereocenters. The van der Waals surface area contributed by atoms with Crippen LogP contribution in [0.1, 0.15) is 63.5 Å². The van der Waals surface area contributed by atoms with Gasteiger partial charge in [-0.05, 0) is 86.6 Å². The van der Waals surface area contributed by atoms with Crippen molar-refractivity contribution in [3.8, 4) is 5.75 Å². The number of fused-ring (bicyclic) bond motifs is 4. The molecule has 2 saturated heterocycles. The Hall–Kier alpha value is -2.08. The van der Waals surface area contributed by atoms with Crippen molar-refractivity contribution in [2.24, 2.45) is 11.8 Å². The standard InChI is InChI=1S/C27H39N3O3/c1-18-25-15-21-8-9-22(33-3)16-23(21)27(18,11-14-29(25)17-20-6-7-20)10-12-28-26(32)24-5-4-13-30(24)19(2)31/h8-9,16,18,20,24-25H,4-7,10-15,17H2,1-3H3,(H,28,32)/t18-,24-,25+,27+/m0/s1. The Labute approximate surface area is 198 Å². The van der Waals surface area contributed by atoms with Crippen LogP contribution < -0.4 is 10.1 Å². The van der Waals surface area contributed by atoms with Crippen LogP contribution in [0.25, 0.3) is 0 Å². The van der Waals surface area contributed by atoms with Crippen molar-refractivity contribution < 1.29 is 14.3 Å². The van der Waals surface area contributed by atoms with Crippen LogP contribution in [0.2, 0.25) is 0 Å². The van der Waals surface area contributed by atoms with E-state index >= 15 is 0 Å². The van der Waals surface area contributed by atoms with Crippen LogP contribution in [0.15, 0.2) is 18.2 Å². The van der Waals surface area contributed by atoms with E-state index in [-0.39, 0.29) is 23.3 Å². The second-order valence-electron chi connectivity index (χ2n) is 10.8. The van der Waals surface area contributed by atoms with Gasteiger partial charge in [0.15, 0.2) is 0 Å². The highest BCUT2D eigenvalue weighted by atomic mass is 16.5. The van der Waals surface area contributed by atoms with Gasteiger partial charge in [-0.1, -0.05) is 13.0 Å². The van der Waals surface area contributed by atoms with Crippen LogP contribution in [-0.2, 0) is 21.4 Å². The number of ether oxygens (including phenoxy) is 1. The Balaban J connectivity index is 1.35. The molecule has 1 N–H and O–H groups in total. The molecule has 5 rings (SSSR count). The molecule has 33 heavy (non-hydrogen) atoms. The first-order valence-corrected chi connectivity index (χ1v) is 12.9. The van der Waals surface area contributed by atoms with E-state index in [4.69, 9.17) is 4.74 Å². The highest BCUT2D eigenvalue weighted by Crippen LogP contribution is 2.52. The lowest BCUT2D eigenvalue weighted by atomic mass is 9.56. The van der Waals surface area contributed by atoms with Gasteiger partial charge >= 0.3 is 0 Å². The maximum atomic E-state index is 12.9. The summed E-state index contributed by atoms with van der Waals surface area (Å²) in [5, 5.41) is 3.21. The highest BCUT2D eigenvalue weighted by Gasteiger charge is 2.51. The fraction of sp³-hybridized carbons (Fsp3) is 0.704. The third kappa shape index (κ3) is 4.16. The van der Waals surface area contributed by atoms with Crippen LogP contribution in [0.4, 0.5) is 0 Å². The van der Waals surface area contributed by atoms with Gasteiger partial charge in [0.25, 0.3) is 0 Å². The Bertz CT molecular complexity index is 914. The summed E-state index contributed by atoms with van der Waals surface area (Å²) < 4.78 is 5.61. The number of benzene rings is 1. The zero-order valence-electron chi connectivity index (χ0n) is 20.4. The first-order chi connectivity index (χ1) is 15.9. The van der Waals surface area contributed by atoms with Gasteiger partial charge in [0.05, 0.1) is 7.11 Å². The number of carbonyl (C=O) groups is 2. The SMILES string of the molecule is COc1ccc2c(c1)[C@]1(CCNC(=O)[C@@H]3CCCN3C(C)=O)CCN(CC3CC3)[C@H](C2)[C@@H]1C. The van der Waals surface area contributed by atoms with E-state index in [1.807, 2.05) is 0 Å². The normalized spacial score (nSPS) is 31.2. The maximum absolute atomic E-state index is 12.9. The molecule has 3 fully saturated rings. The number of rotatable bonds is 7. The van der Waals surface area contributed by atoms with Crippen LogP contribution >= 0.6 is 0 Å². The van der Waals surface area contributed by atoms with Crippen LogP contribution in [-0.4, -0.2) is 67.0 Å². The van der Waals surface area contributed by atoms with Gasteiger partial charge in [-0.25, -0.2) is 0 Å². The van der Waals surface area contributed by atoms with Crippen LogP contribution in [0.3, 0.4) is 0 Å². The number of hydrogen-bond acceptors (Lipinski definition) is 4. The minimum atomic E-state index is -0.302. The summed E-state index contributed by atoms with van der Waals surface area (Å²) in [6.45, 7) is 7.72. The minimum absolute atomic E-state index is 0.000884. The molecule has 1 aromatic rings. The van der Waals surface area contributed by atoms with Crippen molar-refractivity contribution in [3.63, 3.8) is 0 Å². The summed E-state index contributed by atoms with van der Waals surface area (Å²) in [6, 6.07) is 6.89. The Kier molecular flexibility index (Phi) is 6.15. The molecule has 0 unspecified atom stereocenters. The molecular formula is C27H39N3O3. The van der Waals surface area contributed by atoms with E-state index in [2.05, 4.69) is 35.3 Å². The molecule has 2 aliphatic carbocycles. The number of methoxy groups -OCH3 is 1. The van der Waals surface area contributed by atoms with Crippen molar-refractivity contribution in [1.29, 1.82) is 0 Å². The molecule has 2 heterocycles. The third-order valence-electron chi connectivity index (χ3n) is 9.07. The minimum Gasteiger partial charge on any atom is -0.497 e. The quantitative estimate of drug-likeness (QED) is 0.689. The van der Waals surface area contributed by atoms with Crippen LogP contribution in [0, 0.1) is 11.8 Å². The molecule has 2 aliphatic heterocycles. The van der Waals surface area contributed by atoms with Crippen molar-refractivity contribution in [2.45, 2.75) is 76.3 Å². The van der Waals surface area contributed by atoms with E-state index in [9.17, 15) is 9.59 Å². The smallest absolute Gasteiger partial charge is 0.242 e. The van der Waals surface area contributed by atoms with Crippen molar-refractivity contribution in [2.75, 3.05) is 33.3 Å². The fourth-order valence-electron chi connectivity index (χ4n) is 6.95. The molecule has 4 aliphatic rings. The second-order valence-corrected chi connectivity index (χ2v) is 10.8. The molecule has 180 valence electrons. The van der Waals surface area contributed by atoms with Crippen molar-refractivity contribution >= 4 is 11.8 Å². The molecule has 1 aromatic carbocycles. The molecule has 0 spiro atoms. The summed E-state index contributed by atoms with van der Waals surface area (Å²) in [5.41, 5.74) is 2.93. The van der Waals surface area contributed by atoms with Gasteiger partial charge in [0.2, 0.25) is 11.8 Å². The lowest BCUT2D eigenvalue weighted by molar-refractivity contribution is -0.136.